The highest BCUT2D eigenvalue weighted by atomic mass is 32.2. The van der Waals surface area contributed by atoms with Gasteiger partial charge in [-0.2, -0.15) is 0 Å². The van der Waals surface area contributed by atoms with Crippen LogP contribution in [0.5, 0.6) is 5.75 Å². The van der Waals surface area contributed by atoms with E-state index < -0.39 is 5.25 Å². The maximum Gasteiger partial charge on any atom is 0.247 e. The fourth-order valence-corrected chi connectivity index (χ4v) is 3.72. The van der Waals surface area contributed by atoms with Crippen molar-refractivity contribution in [2.75, 3.05) is 17.8 Å². The molecule has 1 atom stereocenters. The van der Waals surface area contributed by atoms with E-state index in [9.17, 15) is 14.4 Å². The first-order valence-electron chi connectivity index (χ1n) is 8.51. The van der Waals surface area contributed by atoms with Gasteiger partial charge in [-0.15, -0.1) is 11.8 Å². The van der Waals surface area contributed by atoms with Crippen LogP contribution in [-0.4, -0.2) is 35.8 Å². The lowest BCUT2D eigenvalue weighted by Gasteiger charge is -2.14. The van der Waals surface area contributed by atoms with Crippen molar-refractivity contribution >= 4 is 35.2 Å². The summed E-state index contributed by atoms with van der Waals surface area (Å²) in [6.45, 7) is 0.400. The Morgan fingerprint density at radius 2 is 1.85 bits per heavy atom. The third-order valence-electron chi connectivity index (χ3n) is 4.18. The third kappa shape index (κ3) is 4.68. The lowest BCUT2D eigenvalue weighted by molar-refractivity contribution is -0.121. The van der Waals surface area contributed by atoms with Crippen LogP contribution < -0.4 is 15.0 Å². The molecule has 0 aliphatic carbocycles. The van der Waals surface area contributed by atoms with Crippen LogP contribution in [0.25, 0.3) is 0 Å². The molecule has 1 N–H and O–H groups in total. The van der Waals surface area contributed by atoms with Crippen LogP contribution in [-0.2, 0) is 20.9 Å². The van der Waals surface area contributed by atoms with Crippen LogP contribution in [0.15, 0.2) is 54.6 Å². The number of amides is 3. The Morgan fingerprint density at radius 1 is 1.15 bits per heavy atom. The van der Waals surface area contributed by atoms with Gasteiger partial charge in [0.25, 0.3) is 0 Å². The van der Waals surface area contributed by atoms with Crippen molar-refractivity contribution in [3.8, 4) is 5.75 Å². The quantitative estimate of drug-likeness (QED) is 0.742. The largest absolute Gasteiger partial charge is 0.497 e. The van der Waals surface area contributed by atoms with Crippen molar-refractivity contribution in [1.29, 1.82) is 0 Å². The number of para-hydroxylation sites is 1. The van der Waals surface area contributed by atoms with E-state index in [0.29, 0.717) is 12.2 Å². The fraction of sp³-hybridized carbons (Fsp3) is 0.250. The molecule has 1 aliphatic rings. The first-order valence-corrected chi connectivity index (χ1v) is 9.56. The van der Waals surface area contributed by atoms with Gasteiger partial charge in [-0.3, -0.25) is 14.4 Å². The van der Waals surface area contributed by atoms with Gasteiger partial charge in [-0.05, 0) is 29.8 Å². The molecule has 6 nitrogen and oxygen atoms in total. The van der Waals surface area contributed by atoms with Gasteiger partial charge in [-0.25, -0.2) is 4.90 Å². The van der Waals surface area contributed by atoms with E-state index in [1.807, 2.05) is 30.3 Å². The van der Waals surface area contributed by atoms with Crippen molar-refractivity contribution in [2.45, 2.75) is 18.2 Å². The number of anilines is 1. The van der Waals surface area contributed by atoms with Crippen LogP contribution in [0.3, 0.4) is 0 Å². The molecule has 1 heterocycles. The molecular formula is C20H20N2O4S. The minimum atomic E-state index is -0.524. The standard InChI is InChI=1S/C20H20N2O4S/c1-26-16-9-7-14(8-10-16)12-21-18(23)13-27-17-11-19(24)22(20(17)25)15-5-3-2-4-6-15/h2-10,17H,11-13H2,1H3,(H,21,23)/t17-/m0/s1. The molecule has 2 aromatic carbocycles. The number of carbonyl (C=O) groups excluding carboxylic acids is 3. The Hall–Kier alpha value is -2.80. The fourth-order valence-electron chi connectivity index (χ4n) is 2.75. The molecule has 0 saturated carbocycles. The number of imide groups is 1. The zero-order chi connectivity index (χ0) is 19.2. The Bertz CT molecular complexity index is 824. The normalized spacial score (nSPS) is 16.5. The molecule has 0 spiro atoms. The van der Waals surface area contributed by atoms with Crippen molar-refractivity contribution < 1.29 is 19.1 Å². The highest BCUT2D eigenvalue weighted by Crippen LogP contribution is 2.29. The molecule has 0 unspecified atom stereocenters. The van der Waals surface area contributed by atoms with Crippen molar-refractivity contribution in [1.82, 2.24) is 5.32 Å². The lowest BCUT2D eigenvalue weighted by Crippen LogP contribution is -2.32. The average Bonchev–Trinajstić information content (AvgIpc) is 2.99. The Labute approximate surface area is 161 Å². The zero-order valence-electron chi connectivity index (χ0n) is 14.9. The SMILES string of the molecule is COc1ccc(CNC(=O)CS[C@H]2CC(=O)N(c3ccccc3)C2=O)cc1. The van der Waals surface area contributed by atoms with E-state index in [1.165, 1.54) is 16.7 Å². The van der Waals surface area contributed by atoms with E-state index >= 15 is 0 Å². The number of thioether (sulfide) groups is 1. The number of ether oxygens (including phenoxy) is 1. The zero-order valence-corrected chi connectivity index (χ0v) is 15.7. The predicted octanol–water partition coefficient (Wildman–Crippen LogP) is 2.38. The van der Waals surface area contributed by atoms with Crippen LogP contribution in [0.2, 0.25) is 0 Å². The molecule has 1 saturated heterocycles. The summed E-state index contributed by atoms with van der Waals surface area (Å²) in [5, 5.41) is 2.30. The van der Waals surface area contributed by atoms with Crippen molar-refractivity contribution in [3.63, 3.8) is 0 Å². The van der Waals surface area contributed by atoms with E-state index in [-0.39, 0.29) is 29.9 Å². The van der Waals surface area contributed by atoms with Crippen LogP contribution in [0, 0.1) is 0 Å². The van der Waals surface area contributed by atoms with Crippen molar-refractivity contribution in [3.05, 3.63) is 60.2 Å². The van der Waals surface area contributed by atoms with Gasteiger partial charge in [0.1, 0.15) is 5.75 Å². The summed E-state index contributed by atoms with van der Waals surface area (Å²) in [6, 6.07) is 16.3. The van der Waals surface area contributed by atoms with Gasteiger partial charge in [0.15, 0.2) is 0 Å². The maximum atomic E-state index is 12.5. The lowest BCUT2D eigenvalue weighted by atomic mass is 10.2. The number of hydrogen-bond donors (Lipinski definition) is 1. The topological polar surface area (TPSA) is 75.7 Å². The second kappa shape index (κ2) is 8.73. The first kappa shape index (κ1) is 19.0. The summed E-state index contributed by atoms with van der Waals surface area (Å²) < 4.78 is 5.10. The summed E-state index contributed by atoms with van der Waals surface area (Å²) in [7, 11) is 1.60. The molecule has 3 amide bonds. The second-order valence-electron chi connectivity index (χ2n) is 6.03. The maximum absolute atomic E-state index is 12.5. The number of nitrogens with one attached hydrogen (secondary N) is 1. The molecular weight excluding hydrogens is 364 g/mol. The summed E-state index contributed by atoms with van der Waals surface area (Å²) >= 11 is 1.20. The minimum absolute atomic E-state index is 0.115. The highest BCUT2D eigenvalue weighted by Gasteiger charge is 2.39. The van der Waals surface area contributed by atoms with Gasteiger partial charge < -0.3 is 10.1 Å². The minimum Gasteiger partial charge on any atom is -0.497 e. The Balaban J connectivity index is 1.48. The van der Waals surface area contributed by atoms with Gasteiger partial charge >= 0.3 is 0 Å². The summed E-state index contributed by atoms with van der Waals surface area (Å²) in [6.07, 6.45) is 0.115. The monoisotopic (exact) mass is 384 g/mol. The smallest absolute Gasteiger partial charge is 0.247 e. The van der Waals surface area contributed by atoms with Crippen LogP contribution in [0.1, 0.15) is 12.0 Å². The molecule has 0 aromatic heterocycles. The van der Waals surface area contributed by atoms with Crippen LogP contribution >= 0.6 is 11.8 Å². The summed E-state index contributed by atoms with van der Waals surface area (Å²) in [5.74, 6) is 0.214. The molecule has 1 aliphatic heterocycles. The van der Waals surface area contributed by atoms with Gasteiger partial charge in [0.2, 0.25) is 17.7 Å². The van der Waals surface area contributed by atoms with Crippen molar-refractivity contribution in [2.24, 2.45) is 0 Å². The van der Waals surface area contributed by atoms with Gasteiger partial charge in [-0.1, -0.05) is 30.3 Å². The van der Waals surface area contributed by atoms with E-state index in [4.69, 9.17) is 4.74 Å². The molecule has 140 valence electrons. The van der Waals surface area contributed by atoms with E-state index in [0.717, 1.165) is 11.3 Å². The van der Waals surface area contributed by atoms with Crippen LogP contribution in [0.4, 0.5) is 5.69 Å². The molecule has 27 heavy (non-hydrogen) atoms. The van der Waals surface area contributed by atoms with E-state index in [1.54, 1.807) is 31.4 Å². The number of rotatable bonds is 7. The molecule has 1 fully saturated rings. The molecule has 2 aromatic rings. The highest BCUT2D eigenvalue weighted by molar-refractivity contribution is 8.01. The predicted molar refractivity (Wildman–Crippen MR) is 105 cm³/mol. The number of nitrogens with zero attached hydrogens (tertiary/aromatic N) is 1. The average molecular weight is 384 g/mol. The second-order valence-corrected chi connectivity index (χ2v) is 7.22. The Morgan fingerprint density at radius 3 is 2.52 bits per heavy atom. The van der Waals surface area contributed by atoms with E-state index in [2.05, 4.69) is 5.32 Å². The number of hydrogen-bond acceptors (Lipinski definition) is 5. The number of benzene rings is 2. The molecule has 0 radical (unpaired) electrons. The number of carbonyl (C=O) groups is 3. The molecule has 0 bridgehead atoms. The molecule has 3 rings (SSSR count). The number of methoxy groups -OCH3 is 1. The summed E-state index contributed by atoms with van der Waals surface area (Å²) in [4.78, 5) is 38.0. The third-order valence-corrected chi connectivity index (χ3v) is 5.38. The summed E-state index contributed by atoms with van der Waals surface area (Å²) in [5.41, 5.74) is 1.52. The molecule has 7 heteroatoms. The Kier molecular flexibility index (Phi) is 6.13. The first-order chi connectivity index (χ1) is 13.1. The van der Waals surface area contributed by atoms with Gasteiger partial charge in [0.05, 0.1) is 23.8 Å². The van der Waals surface area contributed by atoms with Gasteiger partial charge in [0, 0.05) is 13.0 Å².